The summed E-state index contributed by atoms with van der Waals surface area (Å²) in [5, 5.41) is 4.43. The van der Waals surface area contributed by atoms with Crippen LogP contribution in [0.25, 0.3) is 5.82 Å². The maximum Gasteiger partial charge on any atom is 0.394 e. The Morgan fingerprint density at radius 3 is 2.41 bits per heavy atom. The molecule has 3 aliphatic heterocycles. The largest absolute Gasteiger partial charge is 0.477 e. The number of benzene rings is 1. The van der Waals surface area contributed by atoms with Gasteiger partial charge in [-0.3, -0.25) is 9.52 Å². The van der Waals surface area contributed by atoms with Crippen LogP contribution in [0.3, 0.4) is 0 Å². The Morgan fingerprint density at radius 1 is 1.02 bits per heavy atom. The van der Waals surface area contributed by atoms with E-state index in [1.54, 1.807) is 29.1 Å². The fraction of sp³-hybridized carbons (Fsp3) is 0.571. The zero-order chi connectivity index (χ0) is 33.5. The van der Waals surface area contributed by atoms with Crippen LogP contribution in [0.15, 0.2) is 53.6 Å². The molecule has 1 saturated heterocycles. The van der Waals surface area contributed by atoms with E-state index < -0.39 is 11.6 Å². The summed E-state index contributed by atoms with van der Waals surface area (Å²) in [5.41, 5.74) is -0.0161. The highest BCUT2D eigenvalue weighted by atomic mass is 32.2. The highest BCUT2D eigenvalue weighted by Gasteiger charge is 2.62. The maximum atomic E-state index is 13.5. The number of fused-ring (bicyclic) bond motifs is 7. The summed E-state index contributed by atoms with van der Waals surface area (Å²) in [5.74, 6) is 1.60. The molecule has 0 radical (unpaired) electrons. The van der Waals surface area contributed by atoms with Gasteiger partial charge in [0.2, 0.25) is 5.88 Å². The highest BCUT2D eigenvalue weighted by Crippen LogP contribution is 2.59. The van der Waals surface area contributed by atoms with Gasteiger partial charge < -0.3 is 9.64 Å². The van der Waals surface area contributed by atoms with Crippen molar-refractivity contribution in [3.05, 3.63) is 59.8 Å². The molecule has 1 aliphatic carbocycles. The van der Waals surface area contributed by atoms with Gasteiger partial charge in [0, 0.05) is 29.2 Å². The SMILES string of the molecule is CC.CC.CC1(C)CC2CCCCc3ccc(cc3)SNC(=O)c3ccc(-n4ccc(OCCC5(C(F)(F)F)CC5)n4)nc3N1C2. The number of rotatable bonds is 5. The number of aryl methyl sites for hydroxylation is 1. The molecule has 3 aromatic rings. The number of nitrogens with one attached hydrogen (secondary N) is 1. The van der Waals surface area contributed by atoms with Gasteiger partial charge in [-0.15, -0.1) is 5.10 Å². The van der Waals surface area contributed by atoms with Gasteiger partial charge in [0.1, 0.15) is 5.82 Å². The molecule has 0 spiro atoms. The van der Waals surface area contributed by atoms with Crippen LogP contribution in [0.2, 0.25) is 0 Å². The molecule has 1 N–H and O–H groups in total. The molecular weight excluding hydrogens is 611 g/mol. The first-order valence-corrected chi connectivity index (χ1v) is 17.5. The Bertz CT molecular complexity index is 1440. The molecule has 11 heteroatoms. The smallest absolute Gasteiger partial charge is 0.394 e. The van der Waals surface area contributed by atoms with E-state index in [2.05, 4.69) is 40.7 Å². The molecule has 7 rings (SSSR count). The summed E-state index contributed by atoms with van der Waals surface area (Å²) < 4.78 is 49.9. The van der Waals surface area contributed by atoms with Crippen LogP contribution >= 0.6 is 11.9 Å². The lowest BCUT2D eigenvalue weighted by Gasteiger charge is -2.34. The maximum absolute atomic E-state index is 13.5. The van der Waals surface area contributed by atoms with E-state index in [9.17, 15) is 18.0 Å². The van der Waals surface area contributed by atoms with E-state index in [4.69, 9.17) is 9.72 Å². The first-order valence-electron chi connectivity index (χ1n) is 16.6. The van der Waals surface area contributed by atoms with Gasteiger partial charge in [-0.25, -0.2) is 9.67 Å². The average Bonchev–Trinajstić information content (AvgIpc) is 3.60. The number of ether oxygens (including phenoxy) is 1. The van der Waals surface area contributed by atoms with Crippen molar-refractivity contribution in [2.45, 2.75) is 110 Å². The Labute approximate surface area is 275 Å². The van der Waals surface area contributed by atoms with Gasteiger partial charge in [-0.05, 0) is 106 Å². The zero-order valence-electron chi connectivity index (χ0n) is 27.9. The minimum atomic E-state index is -4.20. The molecule has 1 atom stereocenters. The zero-order valence-corrected chi connectivity index (χ0v) is 28.7. The Morgan fingerprint density at radius 2 is 1.74 bits per heavy atom. The second-order valence-electron chi connectivity index (χ2n) is 12.4. The molecular formula is C35H48F3N5O2S. The van der Waals surface area contributed by atoms with Crippen molar-refractivity contribution in [3.8, 4) is 11.7 Å². The Kier molecular flexibility index (Phi) is 11.7. The predicted octanol–water partition coefficient (Wildman–Crippen LogP) is 9.20. The molecule has 46 heavy (non-hydrogen) atoms. The van der Waals surface area contributed by atoms with Gasteiger partial charge >= 0.3 is 6.18 Å². The van der Waals surface area contributed by atoms with E-state index >= 15 is 0 Å². The first kappa shape index (κ1) is 35.6. The molecule has 7 nitrogen and oxygen atoms in total. The number of aromatic nitrogens is 3. The van der Waals surface area contributed by atoms with E-state index in [1.807, 2.05) is 39.8 Å². The topological polar surface area (TPSA) is 72.3 Å². The number of anilines is 1. The van der Waals surface area contributed by atoms with Gasteiger partial charge in [-0.2, -0.15) is 13.2 Å². The van der Waals surface area contributed by atoms with Crippen LogP contribution < -0.4 is 14.4 Å². The number of halogens is 3. The Balaban J connectivity index is 0.00000116. The normalized spacial score (nSPS) is 20.0. The molecule has 2 aromatic heterocycles. The van der Waals surface area contributed by atoms with Gasteiger partial charge in [-0.1, -0.05) is 46.2 Å². The quantitative estimate of drug-likeness (QED) is 0.276. The number of alkyl halides is 3. The number of hydrogen-bond donors (Lipinski definition) is 1. The predicted molar refractivity (Wildman–Crippen MR) is 179 cm³/mol. The summed E-state index contributed by atoms with van der Waals surface area (Å²) >= 11 is 1.28. The van der Waals surface area contributed by atoms with Crippen LogP contribution in [-0.2, 0) is 6.42 Å². The van der Waals surface area contributed by atoms with E-state index in [0.29, 0.717) is 23.1 Å². The average molecular weight is 660 g/mol. The molecule has 4 aliphatic rings. The molecule has 1 saturated carbocycles. The van der Waals surface area contributed by atoms with Gasteiger partial charge in [0.15, 0.2) is 5.82 Å². The lowest BCUT2D eigenvalue weighted by atomic mass is 9.92. The van der Waals surface area contributed by atoms with Crippen LogP contribution in [0.5, 0.6) is 5.88 Å². The fourth-order valence-electron chi connectivity index (χ4n) is 6.24. The van der Waals surface area contributed by atoms with Crippen molar-refractivity contribution in [2.75, 3.05) is 18.1 Å². The summed E-state index contributed by atoms with van der Waals surface area (Å²) in [6.07, 6.45) is 3.14. The minimum Gasteiger partial charge on any atom is -0.477 e. The number of amides is 1. The van der Waals surface area contributed by atoms with E-state index in [-0.39, 0.29) is 43.2 Å². The summed E-state index contributed by atoms with van der Waals surface area (Å²) in [4.78, 5) is 21.6. The van der Waals surface area contributed by atoms with E-state index in [1.165, 1.54) is 17.5 Å². The summed E-state index contributed by atoms with van der Waals surface area (Å²) in [6, 6.07) is 13.5. The molecule has 4 bridgehead atoms. The second-order valence-corrected chi connectivity index (χ2v) is 13.3. The van der Waals surface area contributed by atoms with Crippen molar-refractivity contribution in [2.24, 2.45) is 11.3 Å². The van der Waals surface area contributed by atoms with Crippen LogP contribution in [0, 0.1) is 11.3 Å². The van der Waals surface area contributed by atoms with Crippen molar-refractivity contribution in [1.82, 2.24) is 19.5 Å². The monoisotopic (exact) mass is 659 g/mol. The van der Waals surface area contributed by atoms with Crippen LogP contribution in [0.4, 0.5) is 19.0 Å². The second kappa shape index (κ2) is 15.1. The lowest BCUT2D eigenvalue weighted by Crippen LogP contribution is -2.40. The molecule has 252 valence electrons. The van der Waals surface area contributed by atoms with Crippen molar-refractivity contribution >= 4 is 23.7 Å². The highest BCUT2D eigenvalue weighted by molar-refractivity contribution is 7.98. The summed E-state index contributed by atoms with van der Waals surface area (Å²) in [7, 11) is 0. The third kappa shape index (κ3) is 8.19. The van der Waals surface area contributed by atoms with Gasteiger partial charge in [0.05, 0.1) is 17.6 Å². The molecule has 1 amide bonds. The molecule has 5 heterocycles. The van der Waals surface area contributed by atoms with Crippen LogP contribution in [0.1, 0.15) is 102 Å². The molecule has 1 aromatic carbocycles. The number of carbonyl (C=O) groups is 1. The van der Waals surface area contributed by atoms with Crippen molar-refractivity contribution in [3.63, 3.8) is 0 Å². The third-order valence-corrected chi connectivity index (χ3v) is 9.71. The van der Waals surface area contributed by atoms with E-state index in [0.717, 1.165) is 43.5 Å². The minimum absolute atomic E-state index is 0.0575. The van der Waals surface area contributed by atoms with Crippen molar-refractivity contribution < 1.29 is 22.7 Å². The standard InChI is InChI=1S/C31H36F3N5O2S.2C2H6/c1-29(2)19-22-6-4-3-5-21-7-9-23(10-8-21)42-37-28(40)24-11-12-25(35-27(24)38(29)20-22)39-17-13-26(36-39)41-18-16-30(14-15-30)31(32,33)34;2*1-2/h7-13,17,22H,3-6,14-16,18-20H2,1-2H3,(H,37,40);2*1-2H3. The molecule has 2 fully saturated rings. The van der Waals surface area contributed by atoms with Crippen LogP contribution in [-0.4, -0.2) is 45.5 Å². The van der Waals surface area contributed by atoms with Crippen molar-refractivity contribution in [1.29, 1.82) is 0 Å². The first-order chi connectivity index (χ1) is 22.0. The van der Waals surface area contributed by atoms with Gasteiger partial charge in [0.25, 0.3) is 5.91 Å². The summed E-state index contributed by atoms with van der Waals surface area (Å²) in [6.45, 7) is 13.1. The Hall–Kier alpha value is -3.21. The fourth-order valence-corrected chi connectivity index (χ4v) is 6.83. The lowest BCUT2D eigenvalue weighted by molar-refractivity contribution is -0.190. The molecule has 1 unspecified atom stereocenters. The number of hydrogen-bond acceptors (Lipinski definition) is 6. The number of nitrogens with zero attached hydrogens (tertiary/aromatic N) is 4. The number of carbonyl (C=O) groups excluding carboxylic acids is 1. The number of pyridine rings is 1. The third-order valence-electron chi connectivity index (χ3n) is 8.92.